The molecule has 0 heterocycles. The van der Waals surface area contributed by atoms with Crippen molar-refractivity contribution in [2.45, 2.75) is 20.3 Å². The van der Waals surface area contributed by atoms with E-state index in [0.29, 0.717) is 0 Å². The summed E-state index contributed by atoms with van der Waals surface area (Å²) in [5, 5.41) is 12.6. The molecular formula is C5H12N2S. The average Bonchev–Trinajstić information content (AvgIpc) is 1.71. The van der Waals surface area contributed by atoms with Crippen LogP contribution in [0.3, 0.4) is 0 Å². The smallest absolute Gasteiger partial charge is 0.0563 e. The Morgan fingerprint density at radius 2 is 1.50 bits per heavy atom. The lowest BCUT2D eigenvalue weighted by molar-refractivity contribution is 1.09. The van der Waals surface area contributed by atoms with Crippen LogP contribution in [-0.2, 0) is 0 Å². The van der Waals surface area contributed by atoms with Gasteiger partial charge in [0.25, 0.3) is 0 Å². The molecule has 0 aromatic rings. The largest absolute Gasteiger partial charge is 0.302 e. The lowest BCUT2D eigenvalue weighted by Crippen LogP contribution is -1.51. The lowest BCUT2D eigenvalue weighted by Gasteiger charge is -1.62. The van der Waals surface area contributed by atoms with Gasteiger partial charge in [0.15, 0.2) is 0 Å². The van der Waals surface area contributed by atoms with Gasteiger partial charge < -0.3 is 10.8 Å². The van der Waals surface area contributed by atoms with E-state index < -0.39 is 0 Å². The first-order valence-electron chi connectivity index (χ1n) is 2.46. The van der Waals surface area contributed by atoms with Gasteiger partial charge in [-0.1, -0.05) is 32.0 Å². The second-order valence-electron chi connectivity index (χ2n) is 1.08. The minimum atomic E-state index is 1.05. The normalized spacial score (nSPS) is 6.25. The van der Waals surface area contributed by atoms with Gasteiger partial charge in [-0.05, 0) is 0 Å². The van der Waals surface area contributed by atoms with Gasteiger partial charge in [0, 0.05) is 0 Å². The van der Waals surface area contributed by atoms with Crippen molar-refractivity contribution in [1.29, 1.82) is 10.8 Å². The van der Waals surface area contributed by atoms with Crippen molar-refractivity contribution in [1.82, 2.24) is 0 Å². The quantitative estimate of drug-likeness (QED) is 0.439. The maximum atomic E-state index is 6.29. The summed E-state index contributed by atoms with van der Waals surface area (Å²) in [6, 6.07) is 0. The SMILES string of the molecule is CCC.N=CSC=N. The standard InChI is InChI=1S/C3H8.C2H4N2S/c1-3-2;3-1-5-2-4/h3H2,1-2H3;1-4H. The molecule has 3 heteroatoms. The first-order valence-corrected chi connectivity index (χ1v) is 3.41. The second-order valence-corrected chi connectivity index (χ2v) is 1.82. The zero-order valence-corrected chi connectivity index (χ0v) is 6.09. The molecule has 8 heavy (non-hydrogen) atoms. The molecule has 0 aliphatic carbocycles. The summed E-state index contributed by atoms with van der Waals surface area (Å²) in [7, 11) is 0. The van der Waals surface area contributed by atoms with Crippen LogP contribution < -0.4 is 0 Å². The Bertz CT molecular complexity index is 48.4. The third-order valence-corrected chi connectivity index (χ3v) is 0.408. The van der Waals surface area contributed by atoms with Gasteiger partial charge >= 0.3 is 0 Å². The zero-order chi connectivity index (χ0) is 6.83. The van der Waals surface area contributed by atoms with Gasteiger partial charge in [0.1, 0.15) is 0 Å². The number of nitrogens with one attached hydrogen (secondary N) is 2. The summed E-state index contributed by atoms with van der Waals surface area (Å²) in [5.74, 6) is 0. The van der Waals surface area contributed by atoms with Gasteiger partial charge in [-0.2, -0.15) is 0 Å². The molecule has 0 fully saturated rings. The molecule has 2 N–H and O–H groups in total. The third-order valence-electron chi connectivity index (χ3n) is 0.136. The molecular weight excluding hydrogens is 120 g/mol. The van der Waals surface area contributed by atoms with Crippen molar-refractivity contribution in [3.63, 3.8) is 0 Å². The molecule has 0 radical (unpaired) electrons. The Hall–Kier alpha value is -0.310. The topological polar surface area (TPSA) is 47.7 Å². The molecule has 0 aromatic heterocycles. The predicted molar refractivity (Wildman–Crippen MR) is 41.1 cm³/mol. The zero-order valence-electron chi connectivity index (χ0n) is 5.27. The highest BCUT2D eigenvalue weighted by molar-refractivity contribution is 8.23. The van der Waals surface area contributed by atoms with Crippen LogP contribution >= 0.6 is 11.8 Å². The molecule has 0 saturated heterocycles. The maximum Gasteiger partial charge on any atom is 0.0563 e. The molecule has 0 spiro atoms. The molecule has 0 atom stereocenters. The van der Waals surface area contributed by atoms with Gasteiger partial charge in [0.05, 0.1) is 11.1 Å². The summed E-state index contributed by atoms with van der Waals surface area (Å²) in [6.07, 6.45) is 1.25. The monoisotopic (exact) mass is 132 g/mol. The van der Waals surface area contributed by atoms with E-state index in [1.54, 1.807) is 0 Å². The van der Waals surface area contributed by atoms with Crippen LogP contribution in [0, 0.1) is 10.8 Å². The summed E-state index contributed by atoms with van der Waals surface area (Å²) >= 11 is 1.05. The predicted octanol–water partition coefficient (Wildman–Crippen LogP) is 2.35. The number of thioether (sulfide) groups is 1. The Balaban J connectivity index is 0. The Morgan fingerprint density at radius 3 is 1.50 bits per heavy atom. The molecule has 2 nitrogen and oxygen atoms in total. The van der Waals surface area contributed by atoms with Crippen molar-refractivity contribution in [2.75, 3.05) is 0 Å². The molecule has 0 amide bonds. The molecule has 0 bridgehead atoms. The van der Waals surface area contributed by atoms with Gasteiger partial charge in [-0.25, -0.2) is 0 Å². The number of hydrogen-bond acceptors (Lipinski definition) is 3. The molecule has 0 aromatic carbocycles. The van der Waals surface area contributed by atoms with Crippen LogP contribution in [0.5, 0.6) is 0 Å². The van der Waals surface area contributed by atoms with Gasteiger partial charge in [0.2, 0.25) is 0 Å². The van der Waals surface area contributed by atoms with E-state index in [4.69, 9.17) is 10.8 Å². The van der Waals surface area contributed by atoms with Crippen molar-refractivity contribution in [3.8, 4) is 0 Å². The van der Waals surface area contributed by atoms with Crippen molar-refractivity contribution >= 4 is 22.9 Å². The minimum Gasteiger partial charge on any atom is -0.302 e. The van der Waals surface area contributed by atoms with Crippen molar-refractivity contribution in [3.05, 3.63) is 0 Å². The second kappa shape index (κ2) is 15.9. The van der Waals surface area contributed by atoms with E-state index >= 15 is 0 Å². The lowest BCUT2D eigenvalue weighted by atomic mass is 10.6. The maximum absolute atomic E-state index is 6.29. The average molecular weight is 132 g/mol. The number of rotatable bonds is 2. The van der Waals surface area contributed by atoms with Crippen LogP contribution in [0.25, 0.3) is 0 Å². The summed E-state index contributed by atoms with van der Waals surface area (Å²) < 4.78 is 0. The molecule has 48 valence electrons. The van der Waals surface area contributed by atoms with Crippen molar-refractivity contribution in [2.24, 2.45) is 0 Å². The van der Waals surface area contributed by atoms with Crippen molar-refractivity contribution < 1.29 is 0 Å². The van der Waals surface area contributed by atoms with E-state index in [-0.39, 0.29) is 0 Å². The summed E-state index contributed by atoms with van der Waals surface area (Å²) in [4.78, 5) is 0. The summed E-state index contributed by atoms with van der Waals surface area (Å²) in [5.41, 5.74) is 2.21. The van der Waals surface area contributed by atoms with E-state index in [2.05, 4.69) is 13.8 Å². The highest BCUT2D eigenvalue weighted by Gasteiger charge is 1.56. The van der Waals surface area contributed by atoms with E-state index in [1.807, 2.05) is 0 Å². The first kappa shape index (κ1) is 10.6. The fourth-order valence-electron chi connectivity index (χ4n) is 0.0340. The minimum absolute atomic E-state index is 1.05. The van der Waals surface area contributed by atoms with E-state index in [0.717, 1.165) is 22.9 Å². The highest BCUT2D eigenvalue weighted by atomic mass is 32.2. The van der Waals surface area contributed by atoms with Crippen LogP contribution in [0.2, 0.25) is 0 Å². The molecule has 0 rings (SSSR count). The highest BCUT2D eigenvalue weighted by Crippen LogP contribution is 1.78. The van der Waals surface area contributed by atoms with Gasteiger partial charge in [-0.3, -0.25) is 0 Å². The molecule has 0 saturated carbocycles. The fraction of sp³-hybridized carbons (Fsp3) is 0.600. The van der Waals surface area contributed by atoms with Gasteiger partial charge in [-0.15, -0.1) is 0 Å². The number of hydrogen-bond donors (Lipinski definition) is 2. The van der Waals surface area contributed by atoms with Crippen LogP contribution in [0.15, 0.2) is 0 Å². The Morgan fingerprint density at radius 1 is 1.25 bits per heavy atom. The van der Waals surface area contributed by atoms with E-state index in [1.165, 1.54) is 6.42 Å². The van der Waals surface area contributed by atoms with Crippen LogP contribution in [0.4, 0.5) is 0 Å². The first-order chi connectivity index (χ1) is 3.83. The van der Waals surface area contributed by atoms with E-state index in [9.17, 15) is 0 Å². The molecule has 0 aliphatic heterocycles. The Kier molecular flexibility index (Phi) is 21.1. The van der Waals surface area contributed by atoms with Crippen LogP contribution in [-0.4, -0.2) is 11.1 Å². The third kappa shape index (κ3) is 43.8. The Labute approximate surface area is 54.7 Å². The molecule has 0 aliphatic rings. The van der Waals surface area contributed by atoms with Crippen LogP contribution in [0.1, 0.15) is 20.3 Å². The molecule has 0 unspecified atom stereocenters. The fourth-order valence-corrected chi connectivity index (χ4v) is 0.102. The summed E-state index contributed by atoms with van der Waals surface area (Å²) in [6.45, 7) is 4.25.